The molecule has 3 aliphatic heterocycles. The summed E-state index contributed by atoms with van der Waals surface area (Å²) in [7, 11) is 0. The summed E-state index contributed by atoms with van der Waals surface area (Å²) in [6, 6.07) is 0.246. The lowest BCUT2D eigenvalue weighted by Gasteiger charge is -2.48. The molecule has 4 rings (SSSR count). The van der Waals surface area contributed by atoms with Gasteiger partial charge >= 0.3 is 0 Å². The van der Waals surface area contributed by atoms with Crippen molar-refractivity contribution in [2.75, 3.05) is 32.7 Å². The van der Waals surface area contributed by atoms with E-state index in [0.717, 1.165) is 64.8 Å². The highest BCUT2D eigenvalue weighted by molar-refractivity contribution is 5.88. The van der Waals surface area contributed by atoms with Crippen molar-refractivity contribution in [2.45, 2.75) is 76.3 Å². The second-order valence-corrected chi connectivity index (χ2v) is 8.62. The predicted octanol–water partition coefficient (Wildman–Crippen LogP) is 2.25. The molecule has 0 aromatic carbocycles. The van der Waals surface area contributed by atoms with Gasteiger partial charge in [-0.1, -0.05) is 12.8 Å². The first-order valence-corrected chi connectivity index (χ1v) is 10.5. The zero-order valence-corrected chi connectivity index (χ0v) is 15.7. The molecule has 25 heavy (non-hydrogen) atoms. The van der Waals surface area contributed by atoms with Crippen LogP contribution in [-0.4, -0.2) is 70.8 Å². The summed E-state index contributed by atoms with van der Waals surface area (Å²) in [6.45, 7) is 6.52. The summed E-state index contributed by atoms with van der Waals surface area (Å²) < 4.78 is 0. The summed E-state index contributed by atoms with van der Waals surface area (Å²) in [4.78, 5) is 32.3. The van der Waals surface area contributed by atoms with Crippen molar-refractivity contribution < 1.29 is 9.59 Å². The molecule has 3 saturated heterocycles. The number of rotatable bonds is 5. The van der Waals surface area contributed by atoms with Crippen molar-refractivity contribution >= 4 is 11.8 Å². The monoisotopic (exact) mass is 347 g/mol. The number of hydrogen-bond donors (Lipinski definition) is 0. The summed E-state index contributed by atoms with van der Waals surface area (Å²) in [6.07, 6.45) is 10.1. The van der Waals surface area contributed by atoms with Gasteiger partial charge in [0.25, 0.3) is 0 Å². The Morgan fingerprint density at radius 1 is 1.04 bits per heavy atom. The Morgan fingerprint density at radius 2 is 1.68 bits per heavy atom. The Labute approximate surface area is 151 Å². The van der Waals surface area contributed by atoms with Crippen LogP contribution in [0.25, 0.3) is 0 Å². The number of carbonyl (C=O) groups is 2. The Morgan fingerprint density at radius 3 is 2.28 bits per heavy atom. The molecule has 0 aromatic heterocycles. The Bertz CT molecular complexity index is 513. The summed E-state index contributed by atoms with van der Waals surface area (Å²) in [5, 5.41) is 0. The normalized spacial score (nSPS) is 26.7. The molecule has 0 bridgehead atoms. The first-order chi connectivity index (χ1) is 12.1. The van der Waals surface area contributed by atoms with Gasteiger partial charge < -0.3 is 9.80 Å². The van der Waals surface area contributed by atoms with Crippen LogP contribution in [0.3, 0.4) is 0 Å². The number of likely N-dealkylation sites (N-methyl/N-ethyl adjacent to an activating group) is 1. The molecule has 0 spiro atoms. The zero-order chi connectivity index (χ0) is 17.4. The number of likely N-dealkylation sites (tertiary alicyclic amines) is 1. The molecule has 2 amide bonds. The van der Waals surface area contributed by atoms with E-state index >= 15 is 0 Å². The van der Waals surface area contributed by atoms with Gasteiger partial charge in [-0.15, -0.1) is 0 Å². The van der Waals surface area contributed by atoms with Crippen LogP contribution < -0.4 is 0 Å². The van der Waals surface area contributed by atoms with E-state index in [9.17, 15) is 9.59 Å². The highest BCUT2D eigenvalue weighted by Crippen LogP contribution is 2.41. The van der Waals surface area contributed by atoms with Crippen molar-refractivity contribution in [2.24, 2.45) is 5.92 Å². The van der Waals surface area contributed by atoms with Gasteiger partial charge in [0.05, 0.1) is 6.04 Å². The molecule has 0 aromatic rings. The maximum atomic E-state index is 13.1. The van der Waals surface area contributed by atoms with E-state index in [1.165, 1.54) is 25.7 Å². The molecule has 0 unspecified atom stereocenters. The van der Waals surface area contributed by atoms with Gasteiger partial charge in [0.1, 0.15) is 5.54 Å². The van der Waals surface area contributed by atoms with Crippen molar-refractivity contribution in [1.82, 2.24) is 14.7 Å². The third-order valence-electron chi connectivity index (χ3n) is 7.23. The predicted molar refractivity (Wildman–Crippen MR) is 97.1 cm³/mol. The maximum Gasteiger partial charge on any atom is 0.243 e. The van der Waals surface area contributed by atoms with Gasteiger partial charge in [0, 0.05) is 26.1 Å². The van der Waals surface area contributed by atoms with E-state index in [2.05, 4.69) is 11.8 Å². The van der Waals surface area contributed by atoms with Crippen LogP contribution >= 0.6 is 0 Å². The number of carbonyl (C=O) groups excluding carboxylic acids is 2. The molecule has 140 valence electrons. The molecule has 4 fully saturated rings. The largest absolute Gasteiger partial charge is 0.337 e. The fourth-order valence-electron chi connectivity index (χ4n) is 5.78. The minimum atomic E-state index is -0.185. The first kappa shape index (κ1) is 17.3. The van der Waals surface area contributed by atoms with Crippen LogP contribution in [-0.2, 0) is 9.59 Å². The van der Waals surface area contributed by atoms with Gasteiger partial charge in [-0.2, -0.15) is 0 Å². The zero-order valence-electron chi connectivity index (χ0n) is 15.7. The third-order valence-corrected chi connectivity index (χ3v) is 7.23. The second kappa shape index (κ2) is 6.90. The quantitative estimate of drug-likeness (QED) is 0.766. The number of nitrogens with zero attached hydrogens (tertiary/aromatic N) is 3. The number of fused-ring (bicyclic) bond motifs is 1. The Kier molecular flexibility index (Phi) is 4.78. The topological polar surface area (TPSA) is 43.9 Å². The molecule has 5 nitrogen and oxygen atoms in total. The van der Waals surface area contributed by atoms with Gasteiger partial charge in [-0.25, -0.2) is 0 Å². The fraction of sp³-hybridized carbons (Fsp3) is 0.900. The van der Waals surface area contributed by atoms with Crippen LogP contribution in [0.5, 0.6) is 0 Å². The molecule has 4 aliphatic rings. The van der Waals surface area contributed by atoms with Gasteiger partial charge in [-0.05, 0) is 64.5 Å². The van der Waals surface area contributed by atoms with E-state index < -0.39 is 0 Å². The summed E-state index contributed by atoms with van der Waals surface area (Å²) in [5.41, 5.74) is -0.185. The van der Waals surface area contributed by atoms with Crippen LogP contribution in [0.1, 0.15) is 64.7 Å². The van der Waals surface area contributed by atoms with Crippen molar-refractivity contribution in [1.29, 1.82) is 0 Å². The third kappa shape index (κ3) is 2.98. The van der Waals surface area contributed by atoms with Crippen LogP contribution in [0, 0.1) is 5.92 Å². The minimum Gasteiger partial charge on any atom is -0.337 e. The number of amides is 2. The fourth-order valence-corrected chi connectivity index (χ4v) is 5.78. The number of hydrogen-bond acceptors (Lipinski definition) is 3. The molecular weight excluding hydrogens is 314 g/mol. The first-order valence-electron chi connectivity index (χ1n) is 10.5. The highest BCUT2D eigenvalue weighted by Gasteiger charge is 2.53. The molecule has 3 heterocycles. The molecule has 5 heteroatoms. The molecule has 0 atom stereocenters. The lowest BCUT2D eigenvalue weighted by atomic mass is 9.90. The molecule has 0 N–H and O–H groups in total. The van der Waals surface area contributed by atoms with Crippen molar-refractivity contribution in [3.63, 3.8) is 0 Å². The molecule has 1 saturated carbocycles. The Hall–Kier alpha value is -1.10. The van der Waals surface area contributed by atoms with E-state index in [-0.39, 0.29) is 11.6 Å². The summed E-state index contributed by atoms with van der Waals surface area (Å²) >= 11 is 0. The Balaban J connectivity index is 1.32. The highest BCUT2D eigenvalue weighted by atomic mass is 16.2. The van der Waals surface area contributed by atoms with Crippen LogP contribution in [0.15, 0.2) is 0 Å². The van der Waals surface area contributed by atoms with E-state index in [1.807, 2.05) is 9.80 Å². The van der Waals surface area contributed by atoms with Gasteiger partial charge in [-0.3, -0.25) is 14.5 Å². The average molecular weight is 348 g/mol. The molecular formula is C20H33N3O2. The lowest BCUT2D eigenvalue weighted by Crippen LogP contribution is -2.66. The van der Waals surface area contributed by atoms with Crippen LogP contribution in [0.2, 0.25) is 0 Å². The smallest absolute Gasteiger partial charge is 0.243 e. The maximum absolute atomic E-state index is 13.1. The van der Waals surface area contributed by atoms with E-state index in [4.69, 9.17) is 0 Å². The minimum absolute atomic E-state index is 0.185. The average Bonchev–Trinajstić information content (AvgIpc) is 3.25. The molecule has 0 radical (unpaired) electrons. The van der Waals surface area contributed by atoms with Crippen molar-refractivity contribution in [3.8, 4) is 0 Å². The van der Waals surface area contributed by atoms with Gasteiger partial charge in [0.2, 0.25) is 11.8 Å². The van der Waals surface area contributed by atoms with Crippen molar-refractivity contribution in [3.05, 3.63) is 0 Å². The van der Waals surface area contributed by atoms with E-state index in [1.54, 1.807) is 0 Å². The van der Waals surface area contributed by atoms with Crippen LogP contribution in [0.4, 0.5) is 0 Å². The van der Waals surface area contributed by atoms with E-state index in [0.29, 0.717) is 17.7 Å². The van der Waals surface area contributed by atoms with Gasteiger partial charge in [0.15, 0.2) is 0 Å². The standard InChI is InChI=1S/C20H33N3O2/c1-2-23(18(24)13-16-7-3-4-8-16)17-14-21(15-17)19(25)20-9-5-11-22(20)12-6-10-20/h16-17H,2-15H2,1H3. The SMILES string of the molecule is CCN(C(=O)CC1CCCC1)C1CN(C(=O)C23CCCN2CCC3)C1. The lowest BCUT2D eigenvalue weighted by molar-refractivity contribution is -0.153. The summed E-state index contributed by atoms with van der Waals surface area (Å²) in [5.74, 6) is 1.26. The molecule has 1 aliphatic carbocycles. The second-order valence-electron chi connectivity index (χ2n) is 8.62.